The molecule has 0 aliphatic rings. The SMILES string of the molecule is CC[C@H](C)c1ccc2oc(-c3ccc(Cl)c(NC(=O)c4cccc(Br)c4)c3)nc2c1. The highest BCUT2D eigenvalue weighted by molar-refractivity contribution is 9.10. The van der Waals surface area contributed by atoms with Gasteiger partial charge in [-0.1, -0.05) is 53.5 Å². The summed E-state index contributed by atoms with van der Waals surface area (Å²) in [6.07, 6.45) is 1.06. The summed E-state index contributed by atoms with van der Waals surface area (Å²) in [4.78, 5) is 17.3. The molecule has 1 atom stereocenters. The highest BCUT2D eigenvalue weighted by Gasteiger charge is 2.14. The molecule has 6 heteroatoms. The van der Waals surface area contributed by atoms with E-state index in [-0.39, 0.29) is 5.91 Å². The van der Waals surface area contributed by atoms with Crippen LogP contribution in [0.3, 0.4) is 0 Å². The van der Waals surface area contributed by atoms with Gasteiger partial charge in [0.05, 0.1) is 10.7 Å². The van der Waals surface area contributed by atoms with E-state index in [1.807, 2.05) is 24.3 Å². The van der Waals surface area contributed by atoms with E-state index >= 15 is 0 Å². The molecule has 152 valence electrons. The summed E-state index contributed by atoms with van der Waals surface area (Å²) in [5.74, 6) is 0.706. The van der Waals surface area contributed by atoms with Gasteiger partial charge in [-0.3, -0.25) is 4.79 Å². The van der Waals surface area contributed by atoms with E-state index in [4.69, 9.17) is 16.0 Å². The Morgan fingerprint density at radius 3 is 2.77 bits per heavy atom. The minimum Gasteiger partial charge on any atom is -0.436 e. The van der Waals surface area contributed by atoms with Crippen LogP contribution in [0.15, 0.2) is 69.6 Å². The lowest BCUT2D eigenvalue weighted by molar-refractivity contribution is 0.102. The van der Waals surface area contributed by atoms with Gasteiger partial charge in [0.15, 0.2) is 5.58 Å². The summed E-state index contributed by atoms with van der Waals surface area (Å²) in [5, 5.41) is 3.31. The number of aromatic nitrogens is 1. The normalized spacial score (nSPS) is 12.1. The first kappa shape index (κ1) is 20.6. The molecule has 0 fully saturated rings. The number of benzene rings is 3. The van der Waals surface area contributed by atoms with Crippen molar-refractivity contribution in [3.63, 3.8) is 0 Å². The number of hydrogen-bond acceptors (Lipinski definition) is 3. The summed E-state index contributed by atoms with van der Waals surface area (Å²) in [6.45, 7) is 4.36. The van der Waals surface area contributed by atoms with Crippen LogP contribution in [0.2, 0.25) is 5.02 Å². The molecule has 0 aliphatic heterocycles. The van der Waals surface area contributed by atoms with Crippen molar-refractivity contribution < 1.29 is 9.21 Å². The van der Waals surface area contributed by atoms with Crippen LogP contribution < -0.4 is 5.32 Å². The van der Waals surface area contributed by atoms with E-state index in [2.05, 4.69) is 52.2 Å². The first-order chi connectivity index (χ1) is 14.4. The monoisotopic (exact) mass is 482 g/mol. The van der Waals surface area contributed by atoms with Crippen LogP contribution in [0.1, 0.15) is 42.1 Å². The molecule has 1 N–H and O–H groups in total. The second-order valence-electron chi connectivity index (χ2n) is 7.21. The van der Waals surface area contributed by atoms with E-state index < -0.39 is 0 Å². The van der Waals surface area contributed by atoms with Gasteiger partial charge in [-0.15, -0.1) is 0 Å². The molecule has 0 radical (unpaired) electrons. The van der Waals surface area contributed by atoms with Crippen LogP contribution in [0, 0.1) is 0 Å². The Bertz CT molecular complexity index is 1240. The van der Waals surface area contributed by atoms with E-state index in [0.29, 0.717) is 28.1 Å². The summed E-state index contributed by atoms with van der Waals surface area (Å²) < 4.78 is 6.78. The molecule has 4 nitrogen and oxygen atoms in total. The smallest absolute Gasteiger partial charge is 0.255 e. The molecule has 1 aromatic heterocycles. The van der Waals surface area contributed by atoms with Crippen molar-refractivity contribution in [2.24, 2.45) is 0 Å². The molecule has 0 aliphatic carbocycles. The van der Waals surface area contributed by atoms with E-state index in [1.54, 1.807) is 24.3 Å². The fourth-order valence-electron chi connectivity index (χ4n) is 3.19. The molecule has 0 bridgehead atoms. The Hall–Kier alpha value is -2.63. The molecule has 1 heterocycles. The Labute approximate surface area is 188 Å². The Balaban J connectivity index is 1.65. The zero-order chi connectivity index (χ0) is 21.3. The number of anilines is 1. The summed E-state index contributed by atoms with van der Waals surface area (Å²) in [7, 11) is 0. The van der Waals surface area contributed by atoms with Gasteiger partial charge in [0.2, 0.25) is 5.89 Å². The molecular weight excluding hydrogens is 464 g/mol. The van der Waals surface area contributed by atoms with Crippen molar-refractivity contribution in [1.82, 2.24) is 4.98 Å². The fourth-order valence-corrected chi connectivity index (χ4v) is 3.75. The third-order valence-electron chi connectivity index (χ3n) is 5.14. The predicted octanol–water partition coefficient (Wildman–Crippen LogP) is 7.68. The maximum atomic E-state index is 12.6. The standard InChI is InChI=1S/C24H20BrClN2O2/c1-3-14(2)15-8-10-22-21(12-15)28-24(30-22)17-7-9-19(26)20(13-17)27-23(29)16-5-4-6-18(25)11-16/h4-14H,3H2,1-2H3,(H,27,29)/t14-/m0/s1. The molecular formula is C24H20BrClN2O2. The van der Waals surface area contributed by atoms with Crippen molar-refractivity contribution in [2.75, 3.05) is 5.32 Å². The zero-order valence-corrected chi connectivity index (χ0v) is 18.9. The minimum absolute atomic E-state index is 0.244. The van der Waals surface area contributed by atoms with Crippen molar-refractivity contribution in [3.8, 4) is 11.5 Å². The van der Waals surface area contributed by atoms with Crippen molar-refractivity contribution in [2.45, 2.75) is 26.2 Å². The van der Waals surface area contributed by atoms with Gasteiger partial charge in [0, 0.05) is 15.6 Å². The van der Waals surface area contributed by atoms with E-state index in [9.17, 15) is 4.79 Å². The number of nitrogens with one attached hydrogen (secondary N) is 1. The summed E-state index contributed by atoms with van der Waals surface area (Å²) in [5.41, 5.74) is 4.56. The molecule has 0 unspecified atom stereocenters. The fraction of sp³-hybridized carbons (Fsp3) is 0.167. The van der Waals surface area contributed by atoms with Crippen molar-refractivity contribution in [3.05, 3.63) is 81.3 Å². The van der Waals surface area contributed by atoms with Crippen LogP contribution in [0.5, 0.6) is 0 Å². The van der Waals surface area contributed by atoms with Crippen LogP contribution in [0.25, 0.3) is 22.6 Å². The van der Waals surface area contributed by atoms with Crippen LogP contribution >= 0.6 is 27.5 Å². The first-order valence-electron chi connectivity index (χ1n) is 9.72. The number of carbonyl (C=O) groups excluding carboxylic acids is 1. The maximum absolute atomic E-state index is 12.6. The van der Waals surface area contributed by atoms with E-state index in [0.717, 1.165) is 27.6 Å². The molecule has 0 saturated carbocycles. The highest BCUT2D eigenvalue weighted by atomic mass is 79.9. The number of hydrogen-bond donors (Lipinski definition) is 1. The van der Waals surface area contributed by atoms with E-state index in [1.165, 1.54) is 5.56 Å². The Morgan fingerprint density at radius 2 is 2.00 bits per heavy atom. The van der Waals surface area contributed by atoms with Gasteiger partial charge in [0.25, 0.3) is 5.91 Å². The quantitative estimate of drug-likeness (QED) is 0.317. The number of carbonyl (C=O) groups is 1. The molecule has 4 aromatic rings. The molecule has 0 saturated heterocycles. The lowest BCUT2D eigenvalue weighted by Gasteiger charge is -2.09. The van der Waals surface area contributed by atoms with Gasteiger partial charge in [-0.2, -0.15) is 0 Å². The highest BCUT2D eigenvalue weighted by Crippen LogP contribution is 2.32. The number of rotatable bonds is 5. The lowest BCUT2D eigenvalue weighted by atomic mass is 9.98. The lowest BCUT2D eigenvalue weighted by Crippen LogP contribution is -2.12. The van der Waals surface area contributed by atoms with Crippen LogP contribution in [-0.2, 0) is 0 Å². The molecule has 3 aromatic carbocycles. The number of nitrogens with zero attached hydrogens (tertiary/aromatic N) is 1. The number of fused-ring (bicyclic) bond motifs is 1. The first-order valence-corrected chi connectivity index (χ1v) is 10.9. The Morgan fingerprint density at radius 1 is 1.17 bits per heavy atom. The van der Waals surface area contributed by atoms with Gasteiger partial charge >= 0.3 is 0 Å². The number of amides is 1. The zero-order valence-electron chi connectivity index (χ0n) is 16.6. The average molecular weight is 484 g/mol. The minimum atomic E-state index is -0.244. The van der Waals surface area contributed by atoms with Crippen LogP contribution in [0.4, 0.5) is 5.69 Å². The van der Waals surface area contributed by atoms with Crippen molar-refractivity contribution >= 4 is 50.2 Å². The topological polar surface area (TPSA) is 55.1 Å². The third kappa shape index (κ3) is 4.27. The molecule has 4 rings (SSSR count). The second kappa shape index (κ2) is 8.62. The molecule has 30 heavy (non-hydrogen) atoms. The molecule has 0 spiro atoms. The Kier molecular flexibility index (Phi) is 5.93. The van der Waals surface area contributed by atoms with Gasteiger partial charge in [-0.05, 0) is 66.4 Å². The second-order valence-corrected chi connectivity index (χ2v) is 8.54. The predicted molar refractivity (Wildman–Crippen MR) is 125 cm³/mol. The average Bonchev–Trinajstić information content (AvgIpc) is 3.18. The molecule has 1 amide bonds. The summed E-state index contributed by atoms with van der Waals surface area (Å²) in [6, 6.07) is 18.6. The van der Waals surface area contributed by atoms with Gasteiger partial charge in [-0.25, -0.2) is 4.98 Å². The maximum Gasteiger partial charge on any atom is 0.255 e. The van der Waals surface area contributed by atoms with Gasteiger partial charge < -0.3 is 9.73 Å². The summed E-state index contributed by atoms with van der Waals surface area (Å²) >= 11 is 9.70. The number of oxazole rings is 1. The third-order valence-corrected chi connectivity index (χ3v) is 5.96. The number of halogens is 2. The van der Waals surface area contributed by atoms with Gasteiger partial charge in [0.1, 0.15) is 5.52 Å². The van der Waals surface area contributed by atoms with Crippen LogP contribution in [-0.4, -0.2) is 10.9 Å². The van der Waals surface area contributed by atoms with Crippen molar-refractivity contribution in [1.29, 1.82) is 0 Å². The largest absolute Gasteiger partial charge is 0.436 e.